The predicted molar refractivity (Wildman–Crippen MR) is 99.3 cm³/mol. The molecule has 1 heterocycles. The third kappa shape index (κ3) is 4.23. The molecular formula is C19H21N5O. The SMILES string of the molecule is COc1ccc(C)cc1Nc1nncc(NC(C)c2ccccc2)n1. The second kappa shape index (κ2) is 7.61. The number of nitrogens with zero attached hydrogens (tertiary/aromatic N) is 3. The Morgan fingerprint density at radius 2 is 1.88 bits per heavy atom. The quantitative estimate of drug-likeness (QED) is 0.706. The van der Waals surface area contributed by atoms with Gasteiger partial charge in [0.15, 0.2) is 5.82 Å². The van der Waals surface area contributed by atoms with Crippen LogP contribution in [0.3, 0.4) is 0 Å². The lowest BCUT2D eigenvalue weighted by Crippen LogP contribution is -2.10. The fourth-order valence-corrected chi connectivity index (χ4v) is 2.51. The molecule has 0 radical (unpaired) electrons. The van der Waals surface area contributed by atoms with E-state index in [1.807, 2.05) is 43.3 Å². The Morgan fingerprint density at radius 3 is 2.64 bits per heavy atom. The van der Waals surface area contributed by atoms with Gasteiger partial charge in [-0.05, 0) is 37.1 Å². The summed E-state index contributed by atoms with van der Waals surface area (Å²) in [6.07, 6.45) is 1.61. The predicted octanol–water partition coefficient (Wildman–Crippen LogP) is 4.11. The van der Waals surface area contributed by atoms with Crippen LogP contribution in [0.1, 0.15) is 24.1 Å². The van der Waals surface area contributed by atoms with E-state index in [0.29, 0.717) is 11.8 Å². The largest absolute Gasteiger partial charge is 0.495 e. The van der Waals surface area contributed by atoms with E-state index in [-0.39, 0.29) is 6.04 Å². The summed E-state index contributed by atoms with van der Waals surface area (Å²) in [6.45, 7) is 4.09. The van der Waals surface area contributed by atoms with Gasteiger partial charge in [-0.15, -0.1) is 5.10 Å². The Kier molecular flexibility index (Phi) is 5.09. The summed E-state index contributed by atoms with van der Waals surface area (Å²) in [7, 11) is 1.63. The third-order valence-electron chi connectivity index (χ3n) is 3.82. The van der Waals surface area contributed by atoms with Crippen LogP contribution < -0.4 is 15.4 Å². The van der Waals surface area contributed by atoms with Crippen molar-refractivity contribution in [1.82, 2.24) is 15.2 Å². The average molecular weight is 335 g/mol. The second-order valence-corrected chi connectivity index (χ2v) is 5.77. The summed E-state index contributed by atoms with van der Waals surface area (Å²) in [4.78, 5) is 4.49. The highest BCUT2D eigenvalue weighted by atomic mass is 16.5. The molecule has 25 heavy (non-hydrogen) atoms. The molecule has 0 saturated carbocycles. The van der Waals surface area contributed by atoms with Gasteiger partial charge in [0.1, 0.15) is 5.75 Å². The van der Waals surface area contributed by atoms with Crippen LogP contribution in [-0.4, -0.2) is 22.3 Å². The number of aromatic nitrogens is 3. The van der Waals surface area contributed by atoms with E-state index in [0.717, 1.165) is 17.0 Å². The number of aryl methyl sites for hydroxylation is 1. The molecule has 0 aliphatic rings. The molecule has 0 fully saturated rings. The van der Waals surface area contributed by atoms with E-state index >= 15 is 0 Å². The first-order valence-corrected chi connectivity index (χ1v) is 8.08. The smallest absolute Gasteiger partial charge is 0.249 e. The van der Waals surface area contributed by atoms with Gasteiger partial charge in [0.25, 0.3) is 0 Å². The van der Waals surface area contributed by atoms with Crippen LogP contribution >= 0.6 is 0 Å². The number of benzene rings is 2. The van der Waals surface area contributed by atoms with Crippen molar-refractivity contribution in [3.05, 3.63) is 65.9 Å². The first-order chi connectivity index (χ1) is 12.2. The molecule has 2 aromatic carbocycles. The standard InChI is InChI=1S/C19H21N5O/c1-13-9-10-17(25-3)16(11-13)22-19-23-18(12-20-24-19)21-14(2)15-7-5-4-6-8-15/h4-12,14H,1-3H3,(H2,21,22,23,24). The topological polar surface area (TPSA) is 72.0 Å². The summed E-state index contributed by atoms with van der Waals surface area (Å²) in [5.41, 5.74) is 3.09. The summed E-state index contributed by atoms with van der Waals surface area (Å²) in [6, 6.07) is 16.2. The summed E-state index contributed by atoms with van der Waals surface area (Å²) in [5, 5.41) is 14.6. The molecule has 3 rings (SSSR count). The van der Waals surface area contributed by atoms with Gasteiger partial charge in [-0.1, -0.05) is 36.4 Å². The van der Waals surface area contributed by atoms with Crippen molar-refractivity contribution >= 4 is 17.5 Å². The molecular weight excluding hydrogens is 314 g/mol. The van der Waals surface area contributed by atoms with E-state index in [1.165, 1.54) is 5.56 Å². The van der Waals surface area contributed by atoms with Gasteiger partial charge >= 0.3 is 0 Å². The van der Waals surface area contributed by atoms with Gasteiger partial charge in [0.2, 0.25) is 5.95 Å². The molecule has 1 atom stereocenters. The zero-order valence-corrected chi connectivity index (χ0v) is 14.5. The van der Waals surface area contributed by atoms with Crippen LogP contribution in [0.5, 0.6) is 5.75 Å². The molecule has 0 aliphatic heterocycles. The maximum absolute atomic E-state index is 5.37. The van der Waals surface area contributed by atoms with Crippen molar-refractivity contribution in [2.75, 3.05) is 17.7 Å². The Bertz CT molecular complexity index is 838. The minimum absolute atomic E-state index is 0.110. The van der Waals surface area contributed by atoms with Crippen LogP contribution in [0.25, 0.3) is 0 Å². The van der Waals surface area contributed by atoms with Gasteiger partial charge in [-0.25, -0.2) is 0 Å². The lowest BCUT2D eigenvalue weighted by atomic mass is 10.1. The molecule has 3 aromatic rings. The molecule has 0 aliphatic carbocycles. The summed E-state index contributed by atoms with van der Waals surface area (Å²) < 4.78 is 5.37. The fraction of sp³-hybridized carbons (Fsp3) is 0.211. The highest BCUT2D eigenvalue weighted by molar-refractivity contribution is 5.64. The number of ether oxygens (including phenoxy) is 1. The highest BCUT2D eigenvalue weighted by Crippen LogP contribution is 2.27. The Hall–Kier alpha value is -3.15. The van der Waals surface area contributed by atoms with Gasteiger partial charge in [0.05, 0.1) is 19.0 Å². The maximum atomic E-state index is 5.37. The zero-order valence-electron chi connectivity index (χ0n) is 14.5. The van der Waals surface area contributed by atoms with Crippen LogP contribution in [0, 0.1) is 6.92 Å². The van der Waals surface area contributed by atoms with Gasteiger partial charge in [-0.2, -0.15) is 10.1 Å². The summed E-state index contributed by atoms with van der Waals surface area (Å²) in [5.74, 6) is 1.79. The number of hydrogen-bond acceptors (Lipinski definition) is 6. The first kappa shape index (κ1) is 16.7. The van der Waals surface area contributed by atoms with Crippen molar-refractivity contribution in [3.63, 3.8) is 0 Å². The minimum atomic E-state index is 0.110. The van der Waals surface area contributed by atoms with Crippen molar-refractivity contribution in [2.24, 2.45) is 0 Å². The Balaban J connectivity index is 1.77. The number of anilines is 3. The van der Waals surface area contributed by atoms with E-state index in [4.69, 9.17) is 4.74 Å². The Labute approximate surface area is 147 Å². The lowest BCUT2D eigenvalue weighted by molar-refractivity contribution is 0.416. The molecule has 0 bridgehead atoms. The number of methoxy groups -OCH3 is 1. The molecule has 0 spiro atoms. The molecule has 128 valence electrons. The minimum Gasteiger partial charge on any atom is -0.495 e. The number of nitrogens with one attached hydrogen (secondary N) is 2. The highest BCUT2D eigenvalue weighted by Gasteiger charge is 2.09. The lowest BCUT2D eigenvalue weighted by Gasteiger charge is -2.15. The van der Waals surface area contributed by atoms with E-state index in [9.17, 15) is 0 Å². The van der Waals surface area contributed by atoms with Crippen molar-refractivity contribution in [1.29, 1.82) is 0 Å². The third-order valence-corrected chi connectivity index (χ3v) is 3.82. The zero-order chi connectivity index (χ0) is 17.6. The fourth-order valence-electron chi connectivity index (χ4n) is 2.51. The summed E-state index contributed by atoms with van der Waals surface area (Å²) >= 11 is 0. The van der Waals surface area contributed by atoms with E-state index in [2.05, 4.69) is 44.9 Å². The van der Waals surface area contributed by atoms with Gasteiger partial charge in [0, 0.05) is 6.04 Å². The molecule has 2 N–H and O–H groups in total. The molecule has 0 saturated heterocycles. The molecule has 0 amide bonds. The average Bonchev–Trinajstić information content (AvgIpc) is 2.63. The second-order valence-electron chi connectivity index (χ2n) is 5.77. The van der Waals surface area contributed by atoms with Crippen molar-refractivity contribution in [2.45, 2.75) is 19.9 Å². The van der Waals surface area contributed by atoms with Crippen molar-refractivity contribution in [3.8, 4) is 5.75 Å². The van der Waals surface area contributed by atoms with E-state index < -0.39 is 0 Å². The number of hydrogen-bond donors (Lipinski definition) is 2. The van der Waals surface area contributed by atoms with Crippen molar-refractivity contribution < 1.29 is 4.74 Å². The first-order valence-electron chi connectivity index (χ1n) is 8.08. The van der Waals surface area contributed by atoms with Gasteiger partial charge < -0.3 is 15.4 Å². The van der Waals surface area contributed by atoms with Gasteiger partial charge in [-0.3, -0.25) is 0 Å². The van der Waals surface area contributed by atoms with E-state index in [1.54, 1.807) is 13.3 Å². The Morgan fingerprint density at radius 1 is 1.08 bits per heavy atom. The van der Waals surface area contributed by atoms with Crippen LogP contribution in [0.4, 0.5) is 17.5 Å². The molecule has 1 aromatic heterocycles. The molecule has 1 unspecified atom stereocenters. The number of rotatable bonds is 6. The monoisotopic (exact) mass is 335 g/mol. The molecule has 6 heteroatoms. The maximum Gasteiger partial charge on any atom is 0.249 e. The molecule has 6 nitrogen and oxygen atoms in total. The normalized spacial score (nSPS) is 11.6. The van der Waals surface area contributed by atoms with Crippen LogP contribution in [0.15, 0.2) is 54.7 Å². The van der Waals surface area contributed by atoms with Crippen LogP contribution in [-0.2, 0) is 0 Å². The van der Waals surface area contributed by atoms with Crippen LogP contribution in [0.2, 0.25) is 0 Å².